The Morgan fingerprint density at radius 1 is 1.05 bits per heavy atom. The first-order chi connectivity index (χ1) is 10.2. The fraction of sp³-hybridized carbons (Fsp3) is 0.278. The summed E-state index contributed by atoms with van der Waals surface area (Å²) >= 11 is 1.78. The predicted molar refractivity (Wildman–Crippen MR) is 90.3 cm³/mol. The second-order valence-electron chi connectivity index (χ2n) is 5.32. The summed E-state index contributed by atoms with van der Waals surface area (Å²) in [7, 11) is 0. The summed E-state index contributed by atoms with van der Waals surface area (Å²) in [5.74, 6) is 1.12. The Hall–Kier alpha value is -1.74. The van der Waals surface area contributed by atoms with E-state index in [2.05, 4.69) is 67.1 Å². The van der Waals surface area contributed by atoms with Crippen molar-refractivity contribution in [2.24, 2.45) is 0 Å². The summed E-state index contributed by atoms with van der Waals surface area (Å²) in [6.07, 6.45) is 3.16. The van der Waals surface area contributed by atoms with Crippen molar-refractivity contribution in [3.8, 4) is 11.4 Å². The van der Waals surface area contributed by atoms with Crippen LogP contribution < -0.4 is 0 Å². The summed E-state index contributed by atoms with van der Waals surface area (Å²) in [5, 5.41) is 1.27. The molecule has 2 nitrogen and oxygen atoms in total. The third kappa shape index (κ3) is 2.70. The van der Waals surface area contributed by atoms with Gasteiger partial charge in [0.2, 0.25) is 0 Å². The van der Waals surface area contributed by atoms with Gasteiger partial charge in [-0.3, -0.25) is 0 Å². The Labute approximate surface area is 130 Å². The molecule has 2 aliphatic heterocycles. The zero-order chi connectivity index (χ0) is 14.8. The highest BCUT2D eigenvalue weighted by Crippen LogP contribution is 2.31. The number of nitrogens with zero attached hydrogens (tertiary/aromatic N) is 2. The first kappa shape index (κ1) is 14.2. The monoisotopic (exact) mass is 296 g/mol. The molecule has 0 atom stereocenters. The molecular weight excluding hydrogens is 276 g/mol. The molecule has 21 heavy (non-hydrogen) atoms. The molecule has 0 fully saturated rings. The number of fused-ring (bicyclic) bond motifs is 1. The Morgan fingerprint density at radius 2 is 1.81 bits per heavy atom. The van der Waals surface area contributed by atoms with E-state index >= 15 is 0 Å². The molecule has 2 heterocycles. The molecule has 3 rings (SSSR count). The van der Waals surface area contributed by atoms with E-state index in [9.17, 15) is 0 Å². The maximum atomic E-state index is 4.78. The lowest BCUT2D eigenvalue weighted by Crippen LogP contribution is -2.09. The highest BCUT2D eigenvalue weighted by atomic mass is 32.2. The first-order valence-corrected chi connectivity index (χ1v) is 8.47. The minimum atomic E-state index is 0.966. The molecule has 108 valence electrons. The summed E-state index contributed by atoms with van der Waals surface area (Å²) in [6, 6.07) is 15.1. The lowest BCUT2D eigenvalue weighted by atomic mass is 10.1. The molecule has 1 aromatic carbocycles. The highest BCUT2D eigenvalue weighted by Gasteiger charge is 2.17. The number of hydrogen-bond donors (Lipinski definition) is 0. The van der Waals surface area contributed by atoms with Gasteiger partial charge in [0.25, 0.3) is 0 Å². The van der Waals surface area contributed by atoms with E-state index in [-0.39, 0.29) is 0 Å². The van der Waals surface area contributed by atoms with Gasteiger partial charge in [0.1, 0.15) is 5.82 Å². The van der Waals surface area contributed by atoms with Gasteiger partial charge < -0.3 is 4.57 Å². The Kier molecular flexibility index (Phi) is 4.02. The number of pyridine rings is 1. The van der Waals surface area contributed by atoms with Crippen LogP contribution in [-0.4, -0.2) is 15.8 Å². The number of thioether (sulfide) groups is 1. The van der Waals surface area contributed by atoms with Gasteiger partial charge in [-0.2, -0.15) is 0 Å². The fourth-order valence-electron chi connectivity index (χ4n) is 2.70. The molecule has 0 unspecified atom stereocenters. The van der Waals surface area contributed by atoms with E-state index in [1.54, 1.807) is 11.8 Å². The number of aryl methyl sites for hydroxylation is 2. The standard InChI is InChI=1S/C18H20N2S/c1-13-14(2)19-18-16(13)9-10-17(21-3)20(18)12-11-15-7-5-4-6-8-15/h4-10H,11-12H2,1-3H3. The average Bonchev–Trinajstić information content (AvgIpc) is 2.81. The van der Waals surface area contributed by atoms with Crippen LogP contribution in [0, 0.1) is 13.8 Å². The van der Waals surface area contributed by atoms with Crippen molar-refractivity contribution in [2.45, 2.75) is 31.8 Å². The van der Waals surface area contributed by atoms with Gasteiger partial charge in [-0.15, -0.1) is 11.8 Å². The van der Waals surface area contributed by atoms with E-state index < -0.39 is 0 Å². The number of hydrogen-bond acceptors (Lipinski definition) is 2. The molecule has 1 aromatic rings. The average molecular weight is 296 g/mol. The van der Waals surface area contributed by atoms with Gasteiger partial charge in [0, 0.05) is 17.8 Å². The van der Waals surface area contributed by atoms with Gasteiger partial charge in [-0.25, -0.2) is 4.98 Å². The molecule has 0 saturated heterocycles. The highest BCUT2D eigenvalue weighted by molar-refractivity contribution is 7.98. The van der Waals surface area contributed by atoms with Crippen LogP contribution in [-0.2, 0) is 13.0 Å². The van der Waals surface area contributed by atoms with Crippen LogP contribution in [0.2, 0.25) is 0 Å². The van der Waals surface area contributed by atoms with Crippen molar-refractivity contribution in [3.05, 3.63) is 59.3 Å². The van der Waals surface area contributed by atoms with Crippen molar-refractivity contribution >= 4 is 11.8 Å². The molecule has 0 N–H and O–H groups in total. The molecule has 0 aliphatic carbocycles. The minimum Gasteiger partial charge on any atom is -0.320 e. The number of benzene rings is 1. The molecule has 0 bridgehead atoms. The molecule has 0 saturated carbocycles. The zero-order valence-electron chi connectivity index (χ0n) is 12.8. The normalized spacial score (nSPS) is 11.2. The van der Waals surface area contributed by atoms with Crippen LogP contribution in [0.3, 0.4) is 0 Å². The Balaban J connectivity index is 1.97. The van der Waals surface area contributed by atoms with Crippen molar-refractivity contribution in [1.29, 1.82) is 0 Å². The maximum Gasteiger partial charge on any atom is 0.141 e. The molecule has 2 aliphatic rings. The number of rotatable bonds is 4. The van der Waals surface area contributed by atoms with Crippen LogP contribution >= 0.6 is 11.8 Å². The third-order valence-corrected chi connectivity index (χ3v) is 4.83. The molecule has 0 amide bonds. The SMILES string of the molecule is CSc1ccc2c(C)c(C)nc-2n1CCc1ccccc1. The van der Waals surface area contributed by atoms with E-state index in [1.807, 2.05) is 0 Å². The van der Waals surface area contributed by atoms with Crippen molar-refractivity contribution < 1.29 is 0 Å². The van der Waals surface area contributed by atoms with Crippen LogP contribution in [0.15, 0.2) is 47.5 Å². The van der Waals surface area contributed by atoms with Crippen molar-refractivity contribution in [2.75, 3.05) is 6.26 Å². The second-order valence-corrected chi connectivity index (χ2v) is 6.15. The van der Waals surface area contributed by atoms with Gasteiger partial charge in [-0.05, 0) is 49.8 Å². The van der Waals surface area contributed by atoms with Crippen LogP contribution in [0.5, 0.6) is 0 Å². The van der Waals surface area contributed by atoms with E-state index in [4.69, 9.17) is 4.98 Å². The lowest BCUT2D eigenvalue weighted by Gasteiger charge is -2.16. The molecule has 0 radical (unpaired) electrons. The topological polar surface area (TPSA) is 17.8 Å². The molecule has 0 spiro atoms. The van der Waals surface area contributed by atoms with Crippen LogP contribution in [0.4, 0.5) is 0 Å². The van der Waals surface area contributed by atoms with E-state index in [0.29, 0.717) is 0 Å². The smallest absolute Gasteiger partial charge is 0.141 e. The van der Waals surface area contributed by atoms with Crippen molar-refractivity contribution in [1.82, 2.24) is 9.55 Å². The lowest BCUT2D eigenvalue weighted by molar-refractivity contribution is 0.635. The van der Waals surface area contributed by atoms with Gasteiger partial charge >= 0.3 is 0 Å². The van der Waals surface area contributed by atoms with Gasteiger partial charge in [0.15, 0.2) is 0 Å². The Bertz CT molecular complexity index is 716. The summed E-state index contributed by atoms with van der Waals surface area (Å²) in [4.78, 5) is 4.78. The summed E-state index contributed by atoms with van der Waals surface area (Å²) in [6.45, 7) is 5.22. The Morgan fingerprint density at radius 3 is 2.52 bits per heavy atom. The molecular formula is C18H20N2S. The number of aromatic nitrogens is 2. The minimum absolute atomic E-state index is 0.966. The zero-order valence-corrected chi connectivity index (χ0v) is 13.6. The predicted octanol–water partition coefficient (Wildman–Crippen LogP) is 4.57. The van der Waals surface area contributed by atoms with Crippen LogP contribution in [0.25, 0.3) is 11.4 Å². The summed E-state index contributed by atoms with van der Waals surface area (Å²) in [5.41, 5.74) is 5.08. The van der Waals surface area contributed by atoms with Crippen LogP contribution in [0.1, 0.15) is 16.8 Å². The maximum absolute atomic E-state index is 4.78. The largest absolute Gasteiger partial charge is 0.320 e. The van der Waals surface area contributed by atoms with Gasteiger partial charge in [-0.1, -0.05) is 30.3 Å². The molecule has 0 aromatic heterocycles. The molecule has 3 heteroatoms. The second kappa shape index (κ2) is 5.94. The van der Waals surface area contributed by atoms with E-state index in [1.165, 1.54) is 21.7 Å². The summed E-state index contributed by atoms with van der Waals surface area (Å²) < 4.78 is 2.35. The van der Waals surface area contributed by atoms with Crippen molar-refractivity contribution in [3.63, 3.8) is 0 Å². The quantitative estimate of drug-likeness (QED) is 0.656. The van der Waals surface area contributed by atoms with E-state index in [0.717, 1.165) is 24.5 Å². The third-order valence-electron chi connectivity index (χ3n) is 4.05. The van der Waals surface area contributed by atoms with Gasteiger partial charge in [0.05, 0.1) is 5.03 Å². The first-order valence-electron chi connectivity index (χ1n) is 7.25. The fourth-order valence-corrected chi connectivity index (χ4v) is 3.30.